The smallest absolute Gasteiger partial charge is 0.0994 e. The molecule has 1 aromatic carbocycles. The molecule has 1 aromatic rings. The summed E-state index contributed by atoms with van der Waals surface area (Å²) in [5, 5.41) is 13.1. The number of hydrogen-bond acceptors (Lipinski definition) is 2. The Kier molecular flexibility index (Phi) is 12.1. The van der Waals surface area contributed by atoms with Crippen LogP contribution in [-0.4, -0.2) is 11.7 Å². The van der Waals surface area contributed by atoms with Crippen LogP contribution in [0.25, 0.3) is 10.4 Å². The van der Waals surface area contributed by atoms with E-state index >= 15 is 0 Å². The minimum absolute atomic E-state index is 0. The minimum Gasteiger partial charge on any atom is -0.512 e. The van der Waals surface area contributed by atoms with Crippen LogP contribution in [0.1, 0.15) is 25.7 Å². The van der Waals surface area contributed by atoms with Gasteiger partial charge in [0.2, 0.25) is 0 Å². The molecule has 0 fully saturated rings. The first kappa shape index (κ1) is 19.2. The molecule has 0 bridgehead atoms. The van der Waals surface area contributed by atoms with Crippen LogP contribution in [0, 0.1) is 0 Å². The predicted octanol–water partition coefficient (Wildman–Crippen LogP) is 5.20. The molecule has 114 valence electrons. The fourth-order valence-corrected chi connectivity index (χ4v) is 1.73. The molecule has 0 aliphatic heterocycles. The first-order valence-corrected chi connectivity index (χ1v) is 6.79. The van der Waals surface area contributed by atoms with Crippen LogP contribution in [0.2, 0.25) is 0 Å². The molecule has 0 spiro atoms. The van der Waals surface area contributed by atoms with Gasteiger partial charge in [-0.05, 0) is 18.4 Å². The normalized spacial score (nSPS) is 11.1. The maximum Gasteiger partial charge on any atom is 0.0994 e. The third-order valence-electron chi connectivity index (χ3n) is 2.79. The van der Waals surface area contributed by atoms with Crippen LogP contribution in [0.5, 0.6) is 0 Å². The van der Waals surface area contributed by atoms with Crippen molar-refractivity contribution in [3.05, 3.63) is 76.4 Å². The number of unbranched alkanes of at least 4 members (excludes halogenated alkanes) is 2. The Bertz CT molecular complexity index is 466. The largest absolute Gasteiger partial charge is 0.512 e. The summed E-state index contributed by atoms with van der Waals surface area (Å²) < 4.78 is 0. The summed E-state index contributed by atoms with van der Waals surface area (Å²) in [7, 11) is 0. The third-order valence-corrected chi connectivity index (χ3v) is 2.79. The van der Waals surface area contributed by atoms with E-state index in [1.165, 1.54) is 0 Å². The molecule has 0 aromatic heterocycles. The molecule has 0 radical (unpaired) electrons. The fraction of sp³-hybridized carbons (Fsp3) is 0.312. The maximum absolute atomic E-state index is 9.65. The SMILES string of the molecule is [Fe].[N-]=[N+]=NCCCCCC(O)=C1C=CC=C1.c1cc[cH-]c1. The van der Waals surface area contributed by atoms with Crippen LogP contribution in [0.4, 0.5) is 0 Å². The summed E-state index contributed by atoms with van der Waals surface area (Å²) in [5.74, 6) is 0.448. The van der Waals surface area contributed by atoms with E-state index in [9.17, 15) is 5.11 Å². The summed E-state index contributed by atoms with van der Waals surface area (Å²) in [4.78, 5) is 2.68. The van der Waals surface area contributed by atoms with Gasteiger partial charge in [-0.2, -0.15) is 18.2 Å². The second-order valence-corrected chi connectivity index (χ2v) is 4.35. The molecule has 0 amide bonds. The van der Waals surface area contributed by atoms with Crippen LogP contribution in [-0.2, 0) is 17.1 Å². The van der Waals surface area contributed by atoms with Gasteiger partial charge in [0.15, 0.2) is 0 Å². The van der Waals surface area contributed by atoms with Gasteiger partial charge in [-0.3, -0.25) is 0 Å². The summed E-state index contributed by atoms with van der Waals surface area (Å²) >= 11 is 0. The molecule has 0 saturated heterocycles. The molecule has 0 atom stereocenters. The van der Waals surface area contributed by atoms with Crippen LogP contribution >= 0.6 is 0 Å². The molecule has 0 saturated carbocycles. The number of rotatable bonds is 6. The Balaban J connectivity index is 0.000000562. The molecule has 4 nitrogen and oxygen atoms in total. The van der Waals surface area contributed by atoms with Gasteiger partial charge in [-0.25, -0.2) is 12.1 Å². The van der Waals surface area contributed by atoms with E-state index in [4.69, 9.17) is 5.53 Å². The number of allylic oxidation sites excluding steroid dienone is 6. The van der Waals surface area contributed by atoms with E-state index in [0.717, 1.165) is 24.8 Å². The first-order valence-electron chi connectivity index (χ1n) is 6.79. The third kappa shape index (κ3) is 9.69. The van der Waals surface area contributed by atoms with Crippen molar-refractivity contribution in [2.24, 2.45) is 5.11 Å². The molecule has 5 heteroatoms. The molecule has 0 heterocycles. The van der Waals surface area contributed by atoms with Gasteiger partial charge < -0.3 is 5.11 Å². The van der Waals surface area contributed by atoms with Crippen LogP contribution < -0.4 is 0 Å². The summed E-state index contributed by atoms with van der Waals surface area (Å²) in [6.45, 7) is 0.549. The van der Waals surface area contributed by atoms with E-state index in [2.05, 4.69) is 10.0 Å². The molecular formula is C16H20FeN3O-. The van der Waals surface area contributed by atoms with E-state index in [-0.39, 0.29) is 17.1 Å². The van der Waals surface area contributed by atoms with Crippen LogP contribution in [0.3, 0.4) is 0 Å². The molecule has 1 aliphatic rings. The second kappa shape index (κ2) is 13.2. The molecule has 1 aliphatic carbocycles. The number of aliphatic hydroxyl groups excluding tert-OH is 1. The van der Waals surface area contributed by atoms with E-state index in [1.54, 1.807) is 0 Å². The average molecular weight is 326 g/mol. The molecular weight excluding hydrogens is 306 g/mol. The summed E-state index contributed by atoms with van der Waals surface area (Å²) in [6.07, 6.45) is 11.1. The zero-order chi connectivity index (χ0) is 14.5. The van der Waals surface area contributed by atoms with Gasteiger partial charge in [-0.15, -0.1) is 0 Å². The Labute approximate surface area is 136 Å². The number of azide groups is 1. The van der Waals surface area contributed by atoms with E-state index < -0.39 is 0 Å². The molecule has 21 heavy (non-hydrogen) atoms. The standard InChI is InChI=1S/C11H15N3O.C5H5.Fe/c12-14-13-9-5-1-2-8-11(15)10-6-3-4-7-10;1-2-4-5-3-1;/h3-4,6-7,15H,1-2,5,8-9H2;1-5H;/q;-1;. The van der Waals surface area contributed by atoms with Crippen molar-refractivity contribution in [1.82, 2.24) is 0 Å². The van der Waals surface area contributed by atoms with Crippen molar-refractivity contribution < 1.29 is 22.2 Å². The van der Waals surface area contributed by atoms with Gasteiger partial charge in [0.1, 0.15) is 0 Å². The Hall–Kier alpha value is -1.80. The summed E-state index contributed by atoms with van der Waals surface area (Å²) in [5.41, 5.74) is 8.96. The second-order valence-electron chi connectivity index (χ2n) is 4.35. The van der Waals surface area contributed by atoms with E-state index in [0.29, 0.717) is 18.7 Å². The van der Waals surface area contributed by atoms with Crippen molar-refractivity contribution >= 4 is 0 Å². The molecule has 1 N–H and O–H groups in total. The van der Waals surface area contributed by atoms with Gasteiger partial charge in [0, 0.05) is 40.5 Å². The van der Waals surface area contributed by atoms with Crippen molar-refractivity contribution in [3.63, 3.8) is 0 Å². The van der Waals surface area contributed by atoms with Crippen molar-refractivity contribution in [2.75, 3.05) is 6.54 Å². The Morgan fingerprint density at radius 1 is 1.14 bits per heavy atom. The maximum atomic E-state index is 9.65. The topological polar surface area (TPSA) is 69.0 Å². The predicted molar refractivity (Wildman–Crippen MR) is 82.5 cm³/mol. The monoisotopic (exact) mass is 326 g/mol. The quantitative estimate of drug-likeness (QED) is 0.146. The summed E-state index contributed by atoms with van der Waals surface area (Å²) in [6, 6.07) is 10.0. The van der Waals surface area contributed by atoms with Gasteiger partial charge in [-0.1, -0.05) is 35.8 Å². The number of aliphatic hydroxyl groups is 1. The van der Waals surface area contributed by atoms with Gasteiger partial charge in [0.05, 0.1) is 5.76 Å². The molecule has 0 unspecified atom stereocenters. The fourth-order valence-electron chi connectivity index (χ4n) is 1.73. The van der Waals surface area contributed by atoms with Gasteiger partial charge >= 0.3 is 0 Å². The van der Waals surface area contributed by atoms with Crippen molar-refractivity contribution in [3.8, 4) is 0 Å². The average Bonchev–Trinajstić information content (AvgIpc) is 3.18. The number of hydrogen-bond donors (Lipinski definition) is 1. The zero-order valence-corrected chi connectivity index (χ0v) is 13.0. The van der Waals surface area contributed by atoms with Gasteiger partial charge in [0.25, 0.3) is 0 Å². The Morgan fingerprint density at radius 2 is 1.81 bits per heavy atom. The molecule has 2 rings (SSSR count). The minimum atomic E-state index is 0. The number of nitrogens with zero attached hydrogens (tertiary/aromatic N) is 3. The van der Waals surface area contributed by atoms with E-state index in [1.807, 2.05) is 54.6 Å². The zero-order valence-electron chi connectivity index (χ0n) is 11.9. The Morgan fingerprint density at radius 3 is 2.33 bits per heavy atom. The van der Waals surface area contributed by atoms with Crippen molar-refractivity contribution in [2.45, 2.75) is 25.7 Å². The van der Waals surface area contributed by atoms with Crippen LogP contribution in [0.15, 0.2) is 71.1 Å². The van der Waals surface area contributed by atoms with Crippen molar-refractivity contribution in [1.29, 1.82) is 0 Å². The first-order chi connectivity index (χ1) is 9.84.